The summed E-state index contributed by atoms with van der Waals surface area (Å²) in [5, 5.41) is 4.08. The SMILES string of the molecule is CC1CCCC(NCc2ccc(F)cc2Cl)C1C. The van der Waals surface area contributed by atoms with E-state index in [1.165, 1.54) is 31.4 Å². The average molecular weight is 270 g/mol. The van der Waals surface area contributed by atoms with E-state index in [2.05, 4.69) is 19.2 Å². The first-order valence-corrected chi connectivity index (χ1v) is 7.13. The Morgan fingerprint density at radius 1 is 1.33 bits per heavy atom. The van der Waals surface area contributed by atoms with Gasteiger partial charge in [0.05, 0.1) is 0 Å². The minimum Gasteiger partial charge on any atom is -0.310 e. The van der Waals surface area contributed by atoms with Crippen molar-refractivity contribution in [2.24, 2.45) is 11.8 Å². The monoisotopic (exact) mass is 269 g/mol. The van der Waals surface area contributed by atoms with E-state index in [1.807, 2.05) is 0 Å². The summed E-state index contributed by atoms with van der Waals surface area (Å²) < 4.78 is 13.0. The van der Waals surface area contributed by atoms with Crippen molar-refractivity contribution in [3.05, 3.63) is 34.6 Å². The summed E-state index contributed by atoms with van der Waals surface area (Å²) in [6.45, 7) is 5.36. The molecule has 1 saturated carbocycles. The Morgan fingerprint density at radius 2 is 2.11 bits per heavy atom. The van der Waals surface area contributed by atoms with Crippen molar-refractivity contribution in [3.63, 3.8) is 0 Å². The Bertz CT molecular complexity index is 407. The van der Waals surface area contributed by atoms with E-state index in [-0.39, 0.29) is 5.82 Å². The fourth-order valence-electron chi connectivity index (χ4n) is 2.78. The topological polar surface area (TPSA) is 12.0 Å². The highest BCUT2D eigenvalue weighted by Gasteiger charge is 2.26. The largest absolute Gasteiger partial charge is 0.310 e. The zero-order chi connectivity index (χ0) is 13.1. The quantitative estimate of drug-likeness (QED) is 0.858. The van der Waals surface area contributed by atoms with Gasteiger partial charge in [0.1, 0.15) is 5.82 Å². The van der Waals surface area contributed by atoms with Gasteiger partial charge in [-0.3, -0.25) is 0 Å². The van der Waals surface area contributed by atoms with Gasteiger partial charge in [-0.05, 0) is 36.0 Å². The zero-order valence-corrected chi connectivity index (χ0v) is 11.8. The van der Waals surface area contributed by atoms with Crippen LogP contribution in [0.2, 0.25) is 5.02 Å². The van der Waals surface area contributed by atoms with E-state index in [0.717, 1.165) is 18.0 Å². The van der Waals surface area contributed by atoms with Crippen molar-refractivity contribution < 1.29 is 4.39 Å². The molecule has 0 aliphatic heterocycles. The normalized spacial score (nSPS) is 28.3. The fraction of sp³-hybridized carbons (Fsp3) is 0.600. The predicted molar refractivity (Wildman–Crippen MR) is 74.2 cm³/mol. The van der Waals surface area contributed by atoms with Gasteiger partial charge in [-0.1, -0.05) is 44.4 Å². The summed E-state index contributed by atoms with van der Waals surface area (Å²) >= 11 is 6.03. The second-order valence-corrected chi connectivity index (χ2v) is 5.90. The molecule has 3 atom stereocenters. The molecule has 1 N–H and O–H groups in total. The first kappa shape index (κ1) is 13.8. The number of halogens is 2. The number of nitrogens with one attached hydrogen (secondary N) is 1. The number of hydrogen-bond acceptors (Lipinski definition) is 1. The van der Waals surface area contributed by atoms with E-state index in [4.69, 9.17) is 11.6 Å². The minimum absolute atomic E-state index is 0.275. The molecule has 0 radical (unpaired) electrons. The van der Waals surface area contributed by atoms with E-state index < -0.39 is 0 Å². The molecular weight excluding hydrogens is 249 g/mol. The maximum atomic E-state index is 13.0. The summed E-state index contributed by atoms with van der Waals surface area (Å²) in [7, 11) is 0. The molecule has 1 aromatic carbocycles. The Labute approximate surface area is 114 Å². The number of hydrogen-bond donors (Lipinski definition) is 1. The molecule has 0 saturated heterocycles. The number of rotatable bonds is 3. The fourth-order valence-corrected chi connectivity index (χ4v) is 3.01. The lowest BCUT2D eigenvalue weighted by Crippen LogP contribution is -2.40. The van der Waals surface area contributed by atoms with Crippen LogP contribution < -0.4 is 5.32 Å². The highest BCUT2D eigenvalue weighted by Crippen LogP contribution is 2.30. The third-order valence-electron chi connectivity index (χ3n) is 4.28. The van der Waals surface area contributed by atoms with Crippen LogP contribution in [0.3, 0.4) is 0 Å². The first-order valence-electron chi connectivity index (χ1n) is 6.75. The lowest BCUT2D eigenvalue weighted by Gasteiger charge is -2.34. The van der Waals surface area contributed by atoms with Gasteiger partial charge in [0, 0.05) is 17.6 Å². The van der Waals surface area contributed by atoms with Gasteiger partial charge in [0.25, 0.3) is 0 Å². The molecule has 0 spiro atoms. The van der Waals surface area contributed by atoms with Crippen LogP contribution in [0.25, 0.3) is 0 Å². The highest BCUT2D eigenvalue weighted by atomic mass is 35.5. The van der Waals surface area contributed by atoms with Crippen molar-refractivity contribution >= 4 is 11.6 Å². The van der Waals surface area contributed by atoms with Crippen LogP contribution in [-0.2, 0) is 6.54 Å². The molecule has 2 rings (SSSR count). The summed E-state index contributed by atoms with van der Waals surface area (Å²) in [5.41, 5.74) is 0.975. The molecule has 0 amide bonds. The smallest absolute Gasteiger partial charge is 0.124 e. The molecule has 0 bridgehead atoms. The van der Waals surface area contributed by atoms with Gasteiger partial charge < -0.3 is 5.32 Å². The molecular formula is C15H21ClFN. The van der Waals surface area contributed by atoms with Crippen LogP contribution in [0.15, 0.2) is 18.2 Å². The molecule has 3 unspecified atom stereocenters. The molecule has 1 aromatic rings. The Morgan fingerprint density at radius 3 is 2.83 bits per heavy atom. The molecule has 3 heteroatoms. The Balaban J connectivity index is 1.94. The van der Waals surface area contributed by atoms with Crippen LogP contribution in [0, 0.1) is 17.7 Å². The second-order valence-electron chi connectivity index (χ2n) is 5.49. The Kier molecular flexibility index (Phi) is 4.63. The van der Waals surface area contributed by atoms with Crippen LogP contribution in [0.1, 0.15) is 38.7 Å². The van der Waals surface area contributed by atoms with Crippen molar-refractivity contribution in [2.75, 3.05) is 0 Å². The summed E-state index contributed by atoms with van der Waals surface area (Å²) in [4.78, 5) is 0. The van der Waals surface area contributed by atoms with Gasteiger partial charge in [0.2, 0.25) is 0 Å². The summed E-state index contributed by atoms with van der Waals surface area (Å²) in [6.07, 6.45) is 3.85. The van der Waals surface area contributed by atoms with Gasteiger partial charge >= 0.3 is 0 Å². The lowest BCUT2D eigenvalue weighted by atomic mass is 9.78. The molecule has 1 fully saturated rings. The van der Waals surface area contributed by atoms with Crippen molar-refractivity contribution in [1.29, 1.82) is 0 Å². The summed E-state index contributed by atoms with van der Waals surface area (Å²) in [6, 6.07) is 5.16. The highest BCUT2D eigenvalue weighted by molar-refractivity contribution is 6.31. The minimum atomic E-state index is -0.275. The lowest BCUT2D eigenvalue weighted by molar-refractivity contribution is 0.206. The van der Waals surface area contributed by atoms with E-state index in [1.54, 1.807) is 6.07 Å². The summed E-state index contributed by atoms with van der Waals surface area (Å²) in [5.74, 6) is 1.20. The maximum absolute atomic E-state index is 13.0. The van der Waals surface area contributed by atoms with Gasteiger partial charge in [-0.15, -0.1) is 0 Å². The van der Waals surface area contributed by atoms with Crippen molar-refractivity contribution in [1.82, 2.24) is 5.32 Å². The van der Waals surface area contributed by atoms with E-state index in [0.29, 0.717) is 17.0 Å². The van der Waals surface area contributed by atoms with E-state index in [9.17, 15) is 4.39 Å². The zero-order valence-electron chi connectivity index (χ0n) is 11.0. The number of benzene rings is 1. The molecule has 1 nitrogen and oxygen atoms in total. The Hall–Kier alpha value is -0.600. The van der Waals surface area contributed by atoms with Crippen LogP contribution in [0.5, 0.6) is 0 Å². The van der Waals surface area contributed by atoms with Crippen LogP contribution >= 0.6 is 11.6 Å². The van der Waals surface area contributed by atoms with Crippen molar-refractivity contribution in [3.8, 4) is 0 Å². The first-order chi connectivity index (χ1) is 8.58. The van der Waals surface area contributed by atoms with Crippen LogP contribution in [0.4, 0.5) is 4.39 Å². The molecule has 1 aliphatic rings. The molecule has 18 heavy (non-hydrogen) atoms. The van der Waals surface area contributed by atoms with Crippen molar-refractivity contribution in [2.45, 2.75) is 45.7 Å². The average Bonchev–Trinajstić information content (AvgIpc) is 2.33. The van der Waals surface area contributed by atoms with Gasteiger partial charge in [-0.25, -0.2) is 4.39 Å². The molecule has 0 aromatic heterocycles. The van der Waals surface area contributed by atoms with Crippen LogP contribution in [-0.4, -0.2) is 6.04 Å². The van der Waals surface area contributed by atoms with Gasteiger partial charge in [0.15, 0.2) is 0 Å². The van der Waals surface area contributed by atoms with E-state index >= 15 is 0 Å². The molecule has 100 valence electrons. The van der Waals surface area contributed by atoms with Gasteiger partial charge in [-0.2, -0.15) is 0 Å². The molecule has 0 heterocycles. The maximum Gasteiger partial charge on any atom is 0.124 e. The standard InChI is InChI=1S/C15H21ClFN/c1-10-4-3-5-15(11(10)2)18-9-12-6-7-13(17)8-14(12)16/h6-8,10-11,15,18H,3-5,9H2,1-2H3. The predicted octanol–water partition coefficient (Wildman–Crippen LogP) is 4.39. The third-order valence-corrected chi connectivity index (χ3v) is 4.63. The molecule has 1 aliphatic carbocycles. The third kappa shape index (κ3) is 3.24. The second kappa shape index (κ2) is 6.03.